The third-order valence-electron chi connectivity index (χ3n) is 6.80. The number of carbonyl (C=O) groups excluding carboxylic acids is 1. The number of benzene rings is 2. The van der Waals surface area contributed by atoms with Crippen molar-refractivity contribution >= 4 is 14.2 Å². The van der Waals surface area contributed by atoms with Gasteiger partial charge >= 0.3 is 6.09 Å². The highest BCUT2D eigenvalue weighted by Gasteiger charge is 2.35. The quantitative estimate of drug-likeness (QED) is 0.158. The number of hydrogen-bond donors (Lipinski definition) is 1. The van der Waals surface area contributed by atoms with Gasteiger partial charge in [-0.15, -0.1) is 0 Å². The second-order valence-electron chi connectivity index (χ2n) is 12.4. The molecule has 2 rings (SSSR count). The lowest BCUT2D eigenvalue weighted by Crippen LogP contribution is -2.48. The van der Waals surface area contributed by atoms with E-state index in [2.05, 4.69) is 92.7 Å². The summed E-state index contributed by atoms with van der Waals surface area (Å²) >= 11 is 0. The molecule has 0 bridgehead atoms. The van der Waals surface area contributed by atoms with Gasteiger partial charge in [0.2, 0.25) is 0 Å². The molecule has 2 aromatic carbocycles. The summed E-state index contributed by atoms with van der Waals surface area (Å²) in [4.78, 5) is 16.9. The maximum Gasteiger partial charge on any atom is 0.415 e. The monoisotopic (exact) mass is 550 g/mol. The summed E-state index contributed by atoms with van der Waals surface area (Å²) in [7, 11) is -2.04. The molecule has 0 aliphatic heterocycles. The molecule has 1 amide bonds. The number of ether oxygens (including phenoxy) is 1. The van der Waals surface area contributed by atoms with Crippen LogP contribution in [0, 0.1) is 5.92 Å². The van der Waals surface area contributed by atoms with Gasteiger partial charge in [0.1, 0.15) is 6.26 Å². The van der Waals surface area contributed by atoms with Crippen LogP contribution in [0.1, 0.15) is 59.1 Å². The van der Waals surface area contributed by atoms with E-state index in [9.17, 15) is 9.90 Å². The first-order valence-corrected chi connectivity index (χ1v) is 17.8. The molecule has 1 N–H and O–H groups in total. The van der Waals surface area contributed by atoms with Gasteiger partial charge in [-0.1, -0.05) is 99.9 Å². The van der Waals surface area contributed by atoms with Crippen molar-refractivity contribution in [3.8, 4) is 0 Å². The second kappa shape index (κ2) is 15.2. The molecule has 39 heavy (non-hydrogen) atoms. The van der Waals surface area contributed by atoms with Crippen LogP contribution < -0.4 is 0 Å². The molecule has 214 valence electrons. The van der Waals surface area contributed by atoms with Crippen LogP contribution in [-0.4, -0.2) is 53.3 Å². The molecule has 6 heteroatoms. The molecule has 0 unspecified atom stereocenters. The van der Waals surface area contributed by atoms with Gasteiger partial charge < -0.3 is 14.7 Å². The van der Waals surface area contributed by atoms with Crippen molar-refractivity contribution in [3.63, 3.8) is 0 Å². The standard InChI is InChI=1S/C33H50N2O3Si/c1-25(2)22-30(34(23-28-16-12-10-13-17-28)24-29-18-14-11-15-19-29)32(36)31(39(7,8)9)20-21-38-33(37)35(26(3)4)27(5)6/h10-19,21,25-27,30,32,36H,22-24H2,1-9H3/t20?,30-,32+/m0/s1. The minimum Gasteiger partial charge on any atom is -0.410 e. The molecular weight excluding hydrogens is 500 g/mol. The molecule has 0 fully saturated rings. The summed E-state index contributed by atoms with van der Waals surface area (Å²) in [6.45, 7) is 20.3. The minimum absolute atomic E-state index is 0.0249. The molecule has 0 saturated heterocycles. The fourth-order valence-electron chi connectivity index (χ4n) is 5.05. The Balaban J connectivity index is 2.49. The highest BCUT2D eigenvalue weighted by Crippen LogP contribution is 2.28. The van der Waals surface area contributed by atoms with Crippen LogP contribution in [0.2, 0.25) is 19.6 Å². The maximum atomic E-state index is 12.8. The zero-order valence-corrected chi connectivity index (χ0v) is 26.5. The molecule has 0 spiro atoms. The molecule has 2 atom stereocenters. The number of rotatable bonds is 13. The van der Waals surface area contributed by atoms with Gasteiger partial charge in [-0.3, -0.25) is 4.90 Å². The smallest absolute Gasteiger partial charge is 0.410 e. The van der Waals surface area contributed by atoms with Gasteiger partial charge in [-0.05, 0) is 56.4 Å². The Morgan fingerprint density at radius 2 is 1.33 bits per heavy atom. The van der Waals surface area contributed by atoms with Gasteiger partial charge in [-0.25, -0.2) is 4.79 Å². The van der Waals surface area contributed by atoms with Crippen LogP contribution in [0.4, 0.5) is 4.79 Å². The first-order chi connectivity index (χ1) is 18.3. The van der Waals surface area contributed by atoms with E-state index in [0.29, 0.717) is 5.92 Å². The maximum absolute atomic E-state index is 12.8. The Kier molecular flexibility index (Phi) is 12.7. The van der Waals surface area contributed by atoms with Gasteiger partial charge in [0, 0.05) is 31.2 Å². The van der Waals surface area contributed by atoms with Crippen molar-refractivity contribution < 1.29 is 14.6 Å². The minimum atomic E-state index is -2.04. The predicted molar refractivity (Wildman–Crippen MR) is 165 cm³/mol. The average Bonchev–Trinajstić information content (AvgIpc) is 2.84. The fourth-order valence-corrected chi connectivity index (χ4v) is 6.62. The molecule has 0 aliphatic rings. The van der Waals surface area contributed by atoms with Gasteiger partial charge in [0.05, 0.1) is 14.2 Å². The Labute approximate surface area is 238 Å². The Hall–Kier alpha value is -2.63. The lowest BCUT2D eigenvalue weighted by atomic mass is 9.96. The van der Waals surface area contributed by atoms with Gasteiger partial charge in [0.15, 0.2) is 0 Å². The van der Waals surface area contributed by atoms with Crippen LogP contribution in [-0.2, 0) is 17.8 Å². The molecule has 0 heterocycles. The highest BCUT2D eigenvalue weighted by molar-refractivity contribution is 6.83. The average molecular weight is 551 g/mol. The van der Waals surface area contributed by atoms with E-state index < -0.39 is 20.3 Å². The summed E-state index contributed by atoms with van der Waals surface area (Å²) in [6.07, 6.45) is 1.05. The van der Waals surface area contributed by atoms with Crippen molar-refractivity contribution in [3.05, 3.63) is 89.0 Å². The van der Waals surface area contributed by atoms with Crippen molar-refractivity contribution in [1.29, 1.82) is 0 Å². The molecule has 5 nitrogen and oxygen atoms in total. The van der Waals surface area contributed by atoms with E-state index in [1.54, 1.807) is 4.90 Å². The molecule has 0 saturated carbocycles. The lowest BCUT2D eigenvalue weighted by molar-refractivity contribution is 0.0511. The van der Waals surface area contributed by atoms with Crippen LogP contribution >= 0.6 is 0 Å². The summed E-state index contributed by atoms with van der Waals surface area (Å²) in [5.41, 5.74) is 5.68. The summed E-state index contributed by atoms with van der Waals surface area (Å²) < 4.78 is 5.54. The van der Waals surface area contributed by atoms with Crippen molar-refractivity contribution in [1.82, 2.24) is 9.80 Å². The van der Waals surface area contributed by atoms with Crippen LogP contribution in [0.3, 0.4) is 0 Å². The van der Waals surface area contributed by atoms with E-state index in [1.165, 1.54) is 17.4 Å². The van der Waals surface area contributed by atoms with Crippen LogP contribution in [0.15, 0.2) is 77.9 Å². The normalized spacial score (nSPS) is 13.4. The molecule has 0 aliphatic carbocycles. The van der Waals surface area contributed by atoms with Crippen molar-refractivity contribution in [2.75, 3.05) is 0 Å². The highest BCUT2D eigenvalue weighted by atomic mass is 28.3. The molecular formula is C33H50N2O3Si. The van der Waals surface area contributed by atoms with Gasteiger partial charge in [-0.2, -0.15) is 0 Å². The fraction of sp³-hybridized carbons (Fsp3) is 0.515. The molecule has 0 aromatic heterocycles. The second-order valence-corrected chi connectivity index (χ2v) is 17.5. The van der Waals surface area contributed by atoms with Crippen LogP contribution in [0.25, 0.3) is 0 Å². The van der Waals surface area contributed by atoms with E-state index in [1.807, 2.05) is 39.8 Å². The number of nitrogens with zero attached hydrogens (tertiary/aromatic N) is 2. The third kappa shape index (κ3) is 10.5. The predicted octanol–water partition coefficient (Wildman–Crippen LogP) is 7.64. The number of amides is 1. The van der Waals surface area contributed by atoms with E-state index in [4.69, 9.17) is 4.74 Å². The Morgan fingerprint density at radius 1 is 0.872 bits per heavy atom. The van der Waals surface area contributed by atoms with Gasteiger partial charge in [0.25, 0.3) is 0 Å². The number of hydrogen-bond acceptors (Lipinski definition) is 4. The SMILES string of the molecule is CC(C)C[C@@H]([C@@H](O)C(=C=COC(=O)N(C(C)C)C(C)C)[Si](C)(C)C)N(Cc1ccccc1)Cc1ccccc1. The van der Waals surface area contributed by atoms with Crippen LogP contribution in [0.5, 0.6) is 0 Å². The topological polar surface area (TPSA) is 53.0 Å². The zero-order valence-electron chi connectivity index (χ0n) is 25.5. The zero-order chi connectivity index (χ0) is 29.2. The summed E-state index contributed by atoms with van der Waals surface area (Å²) in [5.74, 6) is 0.383. The Bertz CT molecular complexity index is 1020. The Morgan fingerprint density at radius 3 is 1.72 bits per heavy atom. The van der Waals surface area contributed by atoms with E-state index in [0.717, 1.165) is 24.7 Å². The lowest BCUT2D eigenvalue weighted by Gasteiger charge is -2.39. The molecule has 0 radical (unpaired) electrons. The number of carbonyl (C=O) groups is 1. The van der Waals surface area contributed by atoms with E-state index >= 15 is 0 Å². The first-order valence-electron chi connectivity index (χ1n) is 14.3. The number of aliphatic hydroxyl groups is 1. The summed E-state index contributed by atoms with van der Waals surface area (Å²) in [5, 5.41) is 12.9. The first kappa shape index (κ1) is 32.6. The third-order valence-corrected chi connectivity index (χ3v) is 8.86. The summed E-state index contributed by atoms with van der Waals surface area (Å²) in [6, 6.07) is 20.8. The van der Waals surface area contributed by atoms with Crippen molar-refractivity contribution in [2.24, 2.45) is 5.92 Å². The van der Waals surface area contributed by atoms with E-state index in [-0.39, 0.29) is 18.1 Å². The number of aliphatic hydroxyl groups excluding tert-OH is 1. The van der Waals surface area contributed by atoms with Crippen molar-refractivity contribution in [2.45, 2.75) is 105 Å². The largest absolute Gasteiger partial charge is 0.415 e. The molecule has 2 aromatic rings.